The fraction of sp³-hybridized carbons (Fsp3) is 0.909. The summed E-state index contributed by atoms with van der Waals surface area (Å²) in [6.45, 7) is 2.27. The minimum Gasteiger partial charge on any atom is -0.396 e. The number of hydrogen-bond acceptors (Lipinski definition) is 4. The molecule has 154 valence electrons. The van der Waals surface area contributed by atoms with E-state index in [9.17, 15) is 15.3 Å². The van der Waals surface area contributed by atoms with Gasteiger partial charge >= 0.3 is 0 Å². The molecule has 0 aromatic rings. The number of allylic oxidation sites excluding steroid dienone is 2. The summed E-state index contributed by atoms with van der Waals surface area (Å²) in [4.78, 5) is 0. The van der Waals surface area contributed by atoms with Crippen LogP contribution in [0.1, 0.15) is 90.4 Å². The van der Waals surface area contributed by atoms with Gasteiger partial charge in [0, 0.05) is 6.61 Å². The molecule has 1 rings (SSSR count). The molecule has 1 fully saturated rings. The highest BCUT2D eigenvalue weighted by atomic mass is 16.3. The summed E-state index contributed by atoms with van der Waals surface area (Å²) in [5.41, 5.74) is 0. The van der Waals surface area contributed by atoms with Crippen molar-refractivity contribution >= 4 is 0 Å². The molecule has 0 aromatic carbocycles. The lowest BCUT2D eigenvalue weighted by Crippen LogP contribution is -2.21. The third-order valence-corrected chi connectivity index (χ3v) is 5.92. The Balaban J connectivity index is 2.20. The van der Waals surface area contributed by atoms with Gasteiger partial charge < -0.3 is 20.4 Å². The lowest BCUT2D eigenvalue weighted by Gasteiger charge is -2.22. The summed E-state index contributed by atoms with van der Waals surface area (Å²) >= 11 is 0. The molecule has 4 nitrogen and oxygen atoms in total. The van der Waals surface area contributed by atoms with Crippen molar-refractivity contribution in [1.29, 1.82) is 0 Å². The molecule has 0 radical (unpaired) electrons. The van der Waals surface area contributed by atoms with E-state index in [1.54, 1.807) is 0 Å². The van der Waals surface area contributed by atoms with E-state index in [2.05, 4.69) is 12.2 Å². The van der Waals surface area contributed by atoms with E-state index in [-0.39, 0.29) is 36.8 Å². The zero-order chi connectivity index (χ0) is 19.2. The smallest absolute Gasteiger partial charge is 0.0599 e. The van der Waals surface area contributed by atoms with Gasteiger partial charge in [-0.3, -0.25) is 0 Å². The van der Waals surface area contributed by atoms with Crippen molar-refractivity contribution < 1.29 is 20.4 Å². The van der Waals surface area contributed by atoms with Crippen LogP contribution in [0, 0.1) is 11.8 Å². The summed E-state index contributed by atoms with van der Waals surface area (Å²) in [6, 6.07) is 0. The van der Waals surface area contributed by atoms with Crippen molar-refractivity contribution in [3.05, 3.63) is 12.2 Å². The van der Waals surface area contributed by atoms with E-state index in [0.717, 1.165) is 57.8 Å². The Labute approximate surface area is 160 Å². The van der Waals surface area contributed by atoms with Crippen molar-refractivity contribution in [1.82, 2.24) is 0 Å². The Bertz CT molecular complexity index is 358. The fourth-order valence-corrected chi connectivity index (χ4v) is 4.15. The second-order valence-corrected chi connectivity index (χ2v) is 8.03. The van der Waals surface area contributed by atoms with Gasteiger partial charge in [0.15, 0.2) is 0 Å². The van der Waals surface area contributed by atoms with Crippen LogP contribution in [0.5, 0.6) is 0 Å². The van der Waals surface area contributed by atoms with Gasteiger partial charge in [0.25, 0.3) is 0 Å². The summed E-state index contributed by atoms with van der Waals surface area (Å²) in [7, 11) is 0. The maximum atomic E-state index is 10.3. The third kappa shape index (κ3) is 9.50. The number of unbranched alkanes of at least 4 members (excludes halogenated alkanes) is 6. The maximum Gasteiger partial charge on any atom is 0.0599 e. The van der Waals surface area contributed by atoms with Crippen molar-refractivity contribution in [3.8, 4) is 0 Å². The van der Waals surface area contributed by atoms with E-state index in [4.69, 9.17) is 5.11 Å². The second-order valence-electron chi connectivity index (χ2n) is 8.03. The standard InChI is InChI=1S/C22H42O4/c1-2-18(24)13-9-5-3-6-10-14-19-20(22(26)17-21(19)25)15-11-7-4-8-12-16-23/h7,11,18-26H,2-6,8-10,12-17H2,1H3/b11-7-/t18?,19?,20?,21-,22+/m0/s1. The molecule has 5 atom stereocenters. The summed E-state index contributed by atoms with van der Waals surface area (Å²) in [5, 5.41) is 38.9. The quantitative estimate of drug-likeness (QED) is 0.260. The molecule has 3 unspecified atom stereocenters. The fourth-order valence-electron chi connectivity index (χ4n) is 4.15. The Hall–Kier alpha value is -0.420. The van der Waals surface area contributed by atoms with Crippen LogP contribution in [-0.2, 0) is 0 Å². The zero-order valence-corrected chi connectivity index (χ0v) is 16.7. The highest BCUT2D eigenvalue weighted by molar-refractivity contribution is 4.96. The summed E-state index contributed by atoms with van der Waals surface area (Å²) in [5.74, 6) is 0.396. The van der Waals surface area contributed by atoms with Gasteiger partial charge in [-0.2, -0.15) is 0 Å². The first-order valence-electron chi connectivity index (χ1n) is 10.9. The average molecular weight is 371 g/mol. The molecule has 26 heavy (non-hydrogen) atoms. The predicted octanol–water partition coefficient (Wildman–Crippen LogP) is 3.95. The van der Waals surface area contributed by atoms with Crippen LogP contribution in [0.15, 0.2) is 12.2 Å². The van der Waals surface area contributed by atoms with Gasteiger partial charge in [-0.25, -0.2) is 0 Å². The number of hydrogen-bond donors (Lipinski definition) is 4. The summed E-state index contributed by atoms with van der Waals surface area (Å²) in [6.07, 6.45) is 16.1. The molecule has 0 aliphatic heterocycles. The molecule has 1 aliphatic rings. The van der Waals surface area contributed by atoms with Crippen LogP contribution >= 0.6 is 0 Å². The molecule has 1 saturated carbocycles. The Kier molecular flexibility index (Phi) is 13.3. The largest absolute Gasteiger partial charge is 0.396 e. The van der Waals surface area contributed by atoms with E-state index in [1.165, 1.54) is 19.3 Å². The molecule has 0 bridgehead atoms. The second kappa shape index (κ2) is 14.6. The minimum atomic E-state index is -0.382. The van der Waals surface area contributed by atoms with Gasteiger partial charge in [0.2, 0.25) is 0 Å². The first kappa shape index (κ1) is 23.6. The van der Waals surface area contributed by atoms with E-state index in [1.807, 2.05) is 6.92 Å². The molecule has 4 heteroatoms. The summed E-state index contributed by atoms with van der Waals surface area (Å²) < 4.78 is 0. The average Bonchev–Trinajstić information content (AvgIpc) is 2.90. The van der Waals surface area contributed by atoms with Crippen molar-refractivity contribution in [2.24, 2.45) is 11.8 Å². The molecule has 0 saturated heterocycles. The Morgan fingerprint density at radius 2 is 1.58 bits per heavy atom. The third-order valence-electron chi connectivity index (χ3n) is 5.92. The van der Waals surface area contributed by atoms with Crippen LogP contribution in [-0.4, -0.2) is 45.3 Å². The number of aliphatic hydroxyl groups is 4. The molecule has 0 amide bonds. The Morgan fingerprint density at radius 1 is 0.885 bits per heavy atom. The van der Waals surface area contributed by atoms with Crippen LogP contribution < -0.4 is 0 Å². The highest BCUT2D eigenvalue weighted by Crippen LogP contribution is 2.38. The topological polar surface area (TPSA) is 80.9 Å². The zero-order valence-electron chi connectivity index (χ0n) is 16.7. The van der Waals surface area contributed by atoms with Crippen molar-refractivity contribution in [3.63, 3.8) is 0 Å². The maximum absolute atomic E-state index is 10.3. The van der Waals surface area contributed by atoms with Crippen LogP contribution in [0.2, 0.25) is 0 Å². The monoisotopic (exact) mass is 370 g/mol. The molecular weight excluding hydrogens is 328 g/mol. The molecular formula is C22H42O4. The van der Waals surface area contributed by atoms with Crippen molar-refractivity contribution in [2.45, 2.75) is 109 Å². The number of rotatable bonds is 15. The van der Waals surface area contributed by atoms with Gasteiger partial charge in [-0.05, 0) is 63.2 Å². The van der Waals surface area contributed by atoms with Gasteiger partial charge in [0.1, 0.15) is 0 Å². The van der Waals surface area contributed by atoms with Crippen molar-refractivity contribution in [2.75, 3.05) is 6.61 Å². The first-order chi connectivity index (χ1) is 12.6. The molecule has 0 heterocycles. The SMILES string of the molecule is CCC(O)CCCCCCCC1C(C/C=C\CCCCO)[C@H](O)C[C@@H]1O. The first-order valence-corrected chi connectivity index (χ1v) is 10.9. The molecule has 1 aliphatic carbocycles. The molecule has 0 spiro atoms. The Morgan fingerprint density at radius 3 is 2.31 bits per heavy atom. The lowest BCUT2D eigenvalue weighted by atomic mass is 9.86. The molecule has 4 N–H and O–H groups in total. The number of aliphatic hydroxyl groups excluding tert-OH is 4. The van der Waals surface area contributed by atoms with Crippen LogP contribution in [0.25, 0.3) is 0 Å². The predicted molar refractivity (Wildman–Crippen MR) is 107 cm³/mol. The van der Waals surface area contributed by atoms with E-state index >= 15 is 0 Å². The highest BCUT2D eigenvalue weighted by Gasteiger charge is 2.40. The van der Waals surface area contributed by atoms with Gasteiger partial charge in [0.05, 0.1) is 18.3 Å². The lowest BCUT2D eigenvalue weighted by molar-refractivity contribution is 0.108. The van der Waals surface area contributed by atoms with Gasteiger partial charge in [-0.1, -0.05) is 51.2 Å². The van der Waals surface area contributed by atoms with Crippen LogP contribution in [0.3, 0.4) is 0 Å². The van der Waals surface area contributed by atoms with Gasteiger partial charge in [-0.15, -0.1) is 0 Å². The van der Waals surface area contributed by atoms with E-state index < -0.39 is 0 Å². The van der Waals surface area contributed by atoms with Crippen LogP contribution in [0.4, 0.5) is 0 Å². The molecule has 0 aromatic heterocycles. The normalized spacial score (nSPS) is 27.4. The van der Waals surface area contributed by atoms with E-state index in [0.29, 0.717) is 6.42 Å². The minimum absolute atomic E-state index is 0.137.